The number of rotatable bonds is 3. The monoisotopic (exact) mass is 267 g/mol. The minimum absolute atomic E-state index is 0.458. The highest BCUT2D eigenvalue weighted by Gasteiger charge is 2.25. The van der Waals surface area contributed by atoms with Crippen molar-refractivity contribution in [2.45, 2.75) is 18.9 Å². The van der Waals surface area contributed by atoms with Crippen LogP contribution in [0.2, 0.25) is 0 Å². The van der Waals surface area contributed by atoms with Gasteiger partial charge in [0.05, 0.1) is 6.61 Å². The summed E-state index contributed by atoms with van der Waals surface area (Å²) in [6, 6.07) is 5.03. The van der Waals surface area contributed by atoms with Crippen molar-refractivity contribution in [3.63, 3.8) is 0 Å². The van der Waals surface area contributed by atoms with Crippen LogP contribution in [0.5, 0.6) is 0 Å². The first-order chi connectivity index (χ1) is 8.38. The van der Waals surface area contributed by atoms with Gasteiger partial charge in [0.25, 0.3) is 0 Å². The molecule has 0 bridgehead atoms. The van der Waals surface area contributed by atoms with Gasteiger partial charge in [-0.15, -0.1) is 22.7 Å². The molecule has 92 valence electrons. The molecule has 1 aliphatic heterocycles. The molecule has 4 heteroatoms. The lowest BCUT2D eigenvalue weighted by Crippen LogP contribution is -2.30. The third-order valence-corrected chi connectivity index (χ3v) is 5.62. The molecule has 2 atom stereocenters. The maximum Gasteiger partial charge on any atom is 0.0512 e. The molecule has 0 amide bonds. The number of hydrogen-bond acceptors (Lipinski definition) is 4. The number of thiophene rings is 2. The zero-order valence-electron chi connectivity index (χ0n) is 9.94. The average Bonchev–Trinajstić information content (AvgIpc) is 2.92. The molecule has 0 aliphatic carbocycles. The fraction of sp³-hybridized carbons (Fsp3) is 0.538. The van der Waals surface area contributed by atoms with E-state index in [9.17, 15) is 0 Å². The second-order valence-corrected chi connectivity index (χ2v) is 6.60. The van der Waals surface area contributed by atoms with Crippen LogP contribution >= 0.6 is 22.7 Å². The summed E-state index contributed by atoms with van der Waals surface area (Å²) in [5.41, 5.74) is 0. The second kappa shape index (κ2) is 5.06. The number of fused-ring (bicyclic) bond motifs is 1. The van der Waals surface area contributed by atoms with E-state index in [1.165, 1.54) is 27.1 Å². The lowest BCUT2D eigenvalue weighted by atomic mass is 9.93. The summed E-state index contributed by atoms with van der Waals surface area (Å²) >= 11 is 3.76. The highest BCUT2D eigenvalue weighted by atomic mass is 32.1. The van der Waals surface area contributed by atoms with Gasteiger partial charge in [-0.1, -0.05) is 0 Å². The van der Waals surface area contributed by atoms with Crippen LogP contribution in [0.15, 0.2) is 17.5 Å². The van der Waals surface area contributed by atoms with Crippen molar-refractivity contribution in [3.8, 4) is 0 Å². The van der Waals surface area contributed by atoms with Gasteiger partial charge in [0.15, 0.2) is 0 Å². The Bertz CT molecular complexity index is 456. The molecule has 2 unspecified atom stereocenters. The first kappa shape index (κ1) is 11.7. The molecule has 17 heavy (non-hydrogen) atoms. The van der Waals surface area contributed by atoms with Gasteiger partial charge in [-0.2, -0.15) is 0 Å². The molecule has 3 heterocycles. The molecule has 1 saturated heterocycles. The van der Waals surface area contributed by atoms with Gasteiger partial charge in [0, 0.05) is 32.8 Å². The maximum atomic E-state index is 5.61. The van der Waals surface area contributed by atoms with E-state index >= 15 is 0 Å². The van der Waals surface area contributed by atoms with Crippen molar-refractivity contribution in [3.05, 3.63) is 22.4 Å². The Kier molecular flexibility index (Phi) is 3.47. The standard InChI is InChI=1S/C13H17NOS2/c1-14-13(9-3-2-5-15-8-9)12-7-11-10(17-12)4-6-16-11/h4,6-7,9,13-14H,2-3,5,8H2,1H3. The van der Waals surface area contributed by atoms with Crippen LogP contribution in [-0.2, 0) is 4.74 Å². The molecule has 1 N–H and O–H groups in total. The Morgan fingerprint density at radius 2 is 2.41 bits per heavy atom. The van der Waals surface area contributed by atoms with Gasteiger partial charge in [0.1, 0.15) is 0 Å². The summed E-state index contributed by atoms with van der Waals surface area (Å²) in [5.74, 6) is 0.626. The molecular weight excluding hydrogens is 250 g/mol. The van der Waals surface area contributed by atoms with Gasteiger partial charge >= 0.3 is 0 Å². The fourth-order valence-corrected chi connectivity index (χ4v) is 4.90. The largest absolute Gasteiger partial charge is 0.381 e. The molecule has 2 aromatic heterocycles. The molecule has 1 fully saturated rings. The Morgan fingerprint density at radius 3 is 3.12 bits per heavy atom. The molecule has 0 saturated carbocycles. The van der Waals surface area contributed by atoms with Crippen molar-refractivity contribution >= 4 is 32.1 Å². The summed E-state index contributed by atoms with van der Waals surface area (Å²) < 4.78 is 8.45. The van der Waals surface area contributed by atoms with Gasteiger partial charge < -0.3 is 10.1 Å². The predicted octanol–water partition coefficient (Wildman–Crippen LogP) is 3.65. The Hall–Kier alpha value is -0.420. The van der Waals surface area contributed by atoms with Crippen LogP contribution in [0.3, 0.4) is 0 Å². The topological polar surface area (TPSA) is 21.3 Å². The average molecular weight is 267 g/mol. The predicted molar refractivity (Wildman–Crippen MR) is 75.0 cm³/mol. The quantitative estimate of drug-likeness (QED) is 0.916. The zero-order valence-corrected chi connectivity index (χ0v) is 11.6. The lowest BCUT2D eigenvalue weighted by molar-refractivity contribution is 0.0407. The van der Waals surface area contributed by atoms with Gasteiger partial charge in [-0.25, -0.2) is 0 Å². The Morgan fingerprint density at radius 1 is 1.47 bits per heavy atom. The first-order valence-corrected chi connectivity index (χ1v) is 7.80. The third-order valence-electron chi connectivity index (χ3n) is 3.44. The van der Waals surface area contributed by atoms with Crippen molar-refractivity contribution < 1.29 is 4.74 Å². The summed E-state index contributed by atoms with van der Waals surface area (Å²) in [6.07, 6.45) is 2.47. The van der Waals surface area contributed by atoms with Crippen LogP contribution in [0, 0.1) is 5.92 Å². The van der Waals surface area contributed by atoms with E-state index in [0.29, 0.717) is 12.0 Å². The minimum Gasteiger partial charge on any atom is -0.381 e. The normalized spacial score (nSPS) is 23.0. The first-order valence-electron chi connectivity index (χ1n) is 6.10. The fourth-order valence-electron chi connectivity index (χ4n) is 2.58. The van der Waals surface area contributed by atoms with E-state index in [2.05, 4.69) is 29.9 Å². The van der Waals surface area contributed by atoms with Crippen molar-refractivity contribution in [1.82, 2.24) is 5.32 Å². The van der Waals surface area contributed by atoms with Crippen molar-refractivity contribution in [2.75, 3.05) is 20.3 Å². The smallest absolute Gasteiger partial charge is 0.0512 e. The molecule has 2 aromatic rings. The SMILES string of the molecule is CNC(c1cc2sccc2s1)C1CCCOC1. The van der Waals surface area contributed by atoms with Crippen LogP contribution < -0.4 is 5.32 Å². The lowest BCUT2D eigenvalue weighted by Gasteiger charge is -2.29. The zero-order chi connectivity index (χ0) is 11.7. The van der Waals surface area contributed by atoms with Crippen LogP contribution in [0.1, 0.15) is 23.8 Å². The number of hydrogen-bond donors (Lipinski definition) is 1. The van der Waals surface area contributed by atoms with E-state index in [1.807, 2.05) is 22.7 Å². The minimum atomic E-state index is 0.458. The summed E-state index contributed by atoms with van der Waals surface area (Å²) in [6.45, 7) is 1.84. The Balaban J connectivity index is 1.86. The summed E-state index contributed by atoms with van der Waals surface area (Å²) in [7, 11) is 2.06. The van der Waals surface area contributed by atoms with E-state index in [4.69, 9.17) is 4.74 Å². The molecule has 0 spiro atoms. The second-order valence-electron chi connectivity index (χ2n) is 4.54. The summed E-state index contributed by atoms with van der Waals surface area (Å²) in [5, 5.41) is 5.64. The van der Waals surface area contributed by atoms with Gasteiger partial charge in [-0.3, -0.25) is 0 Å². The van der Waals surface area contributed by atoms with E-state index in [-0.39, 0.29) is 0 Å². The number of ether oxygens (including phenoxy) is 1. The van der Waals surface area contributed by atoms with Crippen LogP contribution in [0.25, 0.3) is 9.40 Å². The molecule has 1 aliphatic rings. The molecule has 3 rings (SSSR count). The van der Waals surface area contributed by atoms with E-state index in [0.717, 1.165) is 13.2 Å². The molecular formula is C13H17NOS2. The Labute approximate surface area is 110 Å². The van der Waals surface area contributed by atoms with Crippen LogP contribution in [-0.4, -0.2) is 20.3 Å². The molecule has 2 nitrogen and oxygen atoms in total. The maximum absolute atomic E-state index is 5.61. The van der Waals surface area contributed by atoms with Crippen molar-refractivity contribution in [2.24, 2.45) is 5.92 Å². The summed E-state index contributed by atoms with van der Waals surface area (Å²) in [4.78, 5) is 1.46. The van der Waals surface area contributed by atoms with E-state index < -0.39 is 0 Å². The van der Waals surface area contributed by atoms with Gasteiger partial charge in [0.2, 0.25) is 0 Å². The van der Waals surface area contributed by atoms with E-state index in [1.54, 1.807) is 0 Å². The molecule has 0 aromatic carbocycles. The third kappa shape index (κ3) is 2.27. The van der Waals surface area contributed by atoms with Crippen LogP contribution in [0.4, 0.5) is 0 Å². The highest BCUT2D eigenvalue weighted by molar-refractivity contribution is 7.26. The highest BCUT2D eigenvalue weighted by Crippen LogP contribution is 2.37. The number of nitrogens with one attached hydrogen (secondary N) is 1. The van der Waals surface area contributed by atoms with Gasteiger partial charge in [-0.05, 0) is 37.4 Å². The molecule has 0 radical (unpaired) electrons. The van der Waals surface area contributed by atoms with Crippen molar-refractivity contribution in [1.29, 1.82) is 0 Å².